The maximum Gasteiger partial charge on any atom is 0.255 e. The maximum atomic E-state index is 12.8. The second-order valence-electron chi connectivity index (χ2n) is 6.91. The molecule has 0 unspecified atom stereocenters. The Labute approximate surface area is 172 Å². The highest BCUT2D eigenvalue weighted by atomic mass is 16.5. The zero-order chi connectivity index (χ0) is 20.6. The van der Waals surface area contributed by atoms with Gasteiger partial charge in [0.05, 0.1) is 19.8 Å². The van der Waals surface area contributed by atoms with Crippen LogP contribution in [0.15, 0.2) is 36.4 Å². The molecule has 3 rings (SSSR count). The summed E-state index contributed by atoms with van der Waals surface area (Å²) in [5, 5.41) is 3.01. The lowest BCUT2D eigenvalue weighted by molar-refractivity contribution is 0.102. The number of nitrogens with one attached hydrogen (secondary N) is 1. The monoisotopic (exact) mass is 398 g/mol. The van der Waals surface area contributed by atoms with E-state index in [9.17, 15) is 4.79 Å². The van der Waals surface area contributed by atoms with E-state index < -0.39 is 0 Å². The Balaban J connectivity index is 1.78. The van der Waals surface area contributed by atoms with Gasteiger partial charge in [0.25, 0.3) is 5.91 Å². The fraction of sp³-hybridized carbons (Fsp3) is 0.435. The van der Waals surface area contributed by atoms with Gasteiger partial charge in [0.2, 0.25) is 0 Å². The predicted molar refractivity (Wildman–Crippen MR) is 116 cm³/mol. The molecule has 0 saturated heterocycles. The molecule has 0 bridgehead atoms. The van der Waals surface area contributed by atoms with Crippen LogP contribution in [0.1, 0.15) is 36.2 Å². The van der Waals surface area contributed by atoms with Crippen molar-refractivity contribution in [2.75, 3.05) is 50.2 Å². The molecule has 2 aromatic carbocycles. The van der Waals surface area contributed by atoms with E-state index in [2.05, 4.69) is 22.3 Å². The first-order chi connectivity index (χ1) is 14.2. The van der Waals surface area contributed by atoms with Gasteiger partial charge in [0, 0.05) is 37.1 Å². The Bertz CT molecular complexity index is 838. The molecule has 2 aromatic rings. The highest BCUT2D eigenvalue weighted by Gasteiger charge is 2.18. The van der Waals surface area contributed by atoms with Crippen molar-refractivity contribution >= 4 is 17.3 Å². The number of methoxy groups -OCH3 is 1. The van der Waals surface area contributed by atoms with Crippen LogP contribution in [0, 0.1) is 0 Å². The Morgan fingerprint density at radius 3 is 2.62 bits per heavy atom. The summed E-state index contributed by atoms with van der Waals surface area (Å²) in [7, 11) is 1.72. The normalized spacial score (nSPS) is 13.0. The lowest BCUT2D eigenvalue weighted by Crippen LogP contribution is -2.32. The third-order valence-corrected chi connectivity index (χ3v) is 4.93. The Morgan fingerprint density at radius 1 is 1.07 bits per heavy atom. The summed E-state index contributed by atoms with van der Waals surface area (Å²) in [6.45, 7) is 7.41. The van der Waals surface area contributed by atoms with Crippen molar-refractivity contribution < 1.29 is 19.0 Å². The molecule has 1 aliphatic rings. The van der Waals surface area contributed by atoms with Crippen LogP contribution in [-0.4, -0.2) is 45.9 Å². The maximum absolute atomic E-state index is 12.8. The Morgan fingerprint density at radius 2 is 1.86 bits per heavy atom. The molecule has 1 amide bonds. The number of rotatable bonds is 9. The molecular weight excluding hydrogens is 368 g/mol. The summed E-state index contributed by atoms with van der Waals surface area (Å²) in [5.41, 5.74) is 3.80. The Hall–Kier alpha value is -2.73. The van der Waals surface area contributed by atoms with E-state index in [1.54, 1.807) is 25.3 Å². The number of benzene rings is 2. The average molecular weight is 399 g/mol. The van der Waals surface area contributed by atoms with Crippen LogP contribution in [0.25, 0.3) is 0 Å². The van der Waals surface area contributed by atoms with Gasteiger partial charge in [0.15, 0.2) is 11.5 Å². The number of carbonyl (C=O) groups excluding carboxylic acids is 1. The van der Waals surface area contributed by atoms with Crippen molar-refractivity contribution in [3.8, 4) is 11.5 Å². The first kappa shape index (κ1) is 21.0. The van der Waals surface area contributed by atoms with Crippen LogP contribution in [0.2, 0.25) is 0 Å². The van der Waals surface area contributed by atoms with E-state index in [1.165, 1.54) is 11.3 Å². The number of hydrogen-bond acceptors (Lipinski definition) is 5. The van der Waals surface area contributed by atoms with Gasteiger partial charge < -0.3 is 24.4 Å². The van der Waals surface area contributed by atoms with Crippen LogP contribution < -0.4 is 19.7 Å². The molecular formula is C23H30N2O4. The van der Waals surface area contributed by atoms with Crippen molar-refractivity contribution in [2.45, 2.75) is 26.7 Å². The number of ether oxygens (including phenoxy) is 3. The van der Waals surface area contributed by atoms with Crippen molar-refractivity contribution in [1.82, 2.24) is 0 Å². The molecule has 1 N–H and O–H groups in total. The molecule has 6 heteroatoms. The summed E-state index contributed by atoms with van der Waals surface area (Å²) in [6.07, 6.45) is 2.19. The lowest BCUT2D eigenvalue weighted by atomic mass is 10.0. The van der Waals surface area contributed by atoms with Crippen LogP contribution >= 0.6 is 0 Å². The van der Waals surface area contributed by atoms with Crippen LogP contribution in [0.5, 0.6) is 11.5 Å². The zero-order valence-electron chi connectivity index (χ0n) is 17.5. The molecule has 0 spiro atoms. The molecule has 1 heterocycles. The highest BCUT2D eigenvalue weighted by molar-refractivity contribution is 6.05. The van der Waals surface area contributed by atoms with E-state index in [4.69, 9.17) is 14.2 Å². The van der Waals surface area contributed by atoms with E-state index >= 15 is 0 Å². The number of carbonyl (C=O) groups is 1. The fourth-order valence-electron chi connectivity index (χ4n) is 3.56. The number of nitrogens with zero attached hydrogens (tertiary/aromatic N) is 1. The number of hydrogen-bond donors (Lipinski definition) is 1. The minimum absolute atomic E-state index is 0.173. The molecule has 0 aromatic heterocycles. The van der Waals surface area contributed by atoms with E-state index in [1.807, 2.05) is 19.9 Å². The number of fused-ring (bicyclic) bond motifs is 1. The van der Waals surface area contributed by atoms with Crippen LogP contribution in [-0.2, 0) is 11.2 Å². The number of anilines is 2. The molecule has 0 fully saturated rings. The van der Waals surface area contributed by atoms with Gasteiger partial charge in [-0.2, -0.15) is 0 Å². The Kier molecular flexibility index (Phi) is 7.36. The van der Waals surface area contributed by atoms with Crippen molar-refractivity contribution in [3.05, 3.63) is 47.5 Å². The third-order valence-electron chi connectivity index (χ3n) is 4.93. The molecule has 1 aliphatic heterocycles. The molecule has 0 saturated carbocycles. The van der Waals surface area contributed by atoms with E-state index in [0.29, 0.717) is 36.9 Å². The van der Waals surface area contributed by atoms with Gasteiger partial charge in [-0.05, 0) is 62.6 Å². The third kappa shape index (κ3) is 5.21. The lowest BCUT2D eigenvalue weighted by Gasteiger charge is -2.31. The fourth-order valence-corrected chi connectivity index (χ4v) is 3.56. The molecule has 6 nitrogen and oxygen atoms in total. The zero-order valence-corrected chi connectivity index (χ0v) is 17.5. The number of amides is 1. The summed E-state index contributed by atoms with van der Waals surface area (Å²) in [6, 6.07) is 11.4. The molecule has 156 valence electrons. The molecule has 29 heavy (non-hydrogen) atoms. The molecule has 0 atom stereocenters. The van der Waals surface area contributed by atoms with Crippen molar-refractivity contribution in [1.29, 1.82) is 0 Å². The quantitative estimate of drug-likeness (QED) is 0.688. The van der Waals surface area contributed by atoms with Crippen molar-refractivity contribution in [3.63, 3.8) is 0 Å². The second-order valence-corrected chi connectivity index (χ2v) is 6.91. The topological polar surface area (TPSA) is 60.0 Å². The van der Waals surface area contributed by atoms with Crippen molar-refractivity contribution in [2.24, 2.45) is 0 Å². The summed E-state index contributed by atoms with van der Waals surface area (Å²) >= 11 is 0. The van der Waals surface area contributed by atoms with Gasteiger partial charge in [-0.25, -0.2) is 0 Å². The van der Waals surface area contributed by atoms with E-state index in [-0.39, 0.29) is 5.91 Å². The minimum Gasteiger partial charge on any atom is -0.490 e. The van der Waals surface area contributed by atoms with Crippen LogP contribution in [0.4, 0.5) is 11.4 Å². The summed E-state index contributed by atoms with van der Waals surface area (Å²) in [5.74, 6) is 1.06. The highest BCUT2D eigenvalue weighted by Crippen LogP contribution is 2.31. The van der Waals surface area contributed by atoms with Gasteiger partial charge in [-0.1, -0.05) is 6.07 Å². The smallest absolute Gasteiger partial charge is 0.255 e. The first-order valence-electron chi connectivity index (χ1n) is 10.2. The van der Waals surface area contributed by atoms with Gasteiger partial charge in [-0.3, -0.25) is 4.79 Å². The first-order valence-corrected chi connectivity index (χ1v) is 10.2. The second kappa shape index (κ2) is 10.2. The average Bonchev–Trinajstić information content (AvgIpc) is 2.73. The largest absolute Gasteiger partial charge is 0.490 e. The van der Waals surface area contributed by atoms with E-state index in [0.717, 1.165) is 31.6 Å². The minimum atomic E-state index is -0.173. The summed E-state index contributed by atoms with van der Waals surface area (Å²) < 4.78 is 16.4. The van der Waals surface area contributed by atoms with Gasteiger partial charge in [0.1, 0.15) is 0 Å². The molecule has 0 radical (unpaired) electrons. The van der Waals surface area contributed by atoms with Gasteiger partial charge >= 0.3 is 0 Å². The SMILES string of the molecule is CCOc1ccc(C(=O)Nc2ccc3c(c2)N(CCOC)CCC3)cc1OCC. The predicted octanol–water partition coefficient (Wildman–Crippen LogP) is 4.14. The van der Waals surface area contributed by atoms with Gasteiger partial charge in [-0.15, -0.1) is 0 Å². The van der Waals surface area contributed by atoms with Crippen LogP contribution in [0.3, 0.4) is 0 Å². The summed E-state index contributed by atoms with van der Waals surface area (Å²) in [4.78, 5) is 15.1. The molecule has 0 aliphatic carbocycles. The number of aryl methyl sites for hydroxylation is 1. The standard InChI is InChI=1S/C23H30N2O4/c1-4-28-21-11-9-18(15-22(21)29-5-2)23(26)24-19-10-8-17-7-6-12-25(13-14-27-3)20(17)16-19/h8-11,15-16H,4-7,12-14H2,1-3H3,(H,24,26).